The maximum atomic E-state index is 10.8. The number of nitrogens with two attached hydrogens (primary N) is 1. The van der Waals surface area contributed by atoms with E-state index in [2.05, 4.69) is 15.2 Å². The summed E-state index contributed by atoms with van der Waals surface area (Å²) in [5.41, 5.74) is 9.03. The SMILES string of the molecule is Cc1[nH]nc(-c2ccncc2)c1CCC(N)=O. The molecular weight excluding hydrogens is 216 g/mol. The van der Waals surface area contributed by atoms with Crippen LogP contribution in [0.15, 0.2) is 24.5 Å². The maximum absolute atomic E-state index is 10.8. The fourth-order valence-electron chi connectivity index (χ4n) is 1.75. The van der Waals surface area contributed by atoms with E-state index in [0.29, 0.717) is 12.8 Å². The van der Waals surface area contributed by atoms with Gasteiger partial charge in [-0.15, -0.1) is 0 Å². The zero-order valence-electron chi connectivity index (χ0n) is 9.60. The molecule has 1 amide bonds. The van der Waals surface area contributed by atoms with Crippen molar-refractivity contribution < 1.29 is 4.79 Å². The molecule has 0 bridgehead atoms. The lowest BCUT2D eigenvalue weighted by Gasteiger charge is -2.02. The van der Waals surface area contributed by atoms with Crippen LogP contribution in [0.5, 0.6) is 0 Å². The van der Waals surface area contributed by atoms with Crippen LogP contribution in [0, 0.1) is 6.92 Å². The van der Waals surface area contributed by atoms with Gasteiger partial charge in [0.05, 0.1) is 5.69 Å². The highest BCUT2D eigenvalue weighted by Gasteiger charge is 2.12. The molecule has 0 fully saturated rings. The van der Waals surface area contributed by atoms with Crippen molar-refractivity contribution in [1.29, 1.82) is 0 Å². The molecule has 0 saturated heterocycles. The van der Waals surface area contributed by atoms with Crippen molar-refractivity contribution in [1.82, 2.24) is 15.2 Å². The Kier molecular flexibility index (Phi) is 3.18. The number of amides is 1. The minimum Gasteiger partial charge on any atom is -0.370 e. The molecular formula is C12H14N4O. The zero-order chi connectivity index (χ0) is 12.3. The number of nitrogens with zero attached hydrogens (tertiary/aromatic N) is 2. The van der Waals surface area contributed by atoms with Crippen molar-refractivity contribution in [3.8, 4) is 11.3 Å². The monoisotopic (exact) mass is 230 g/mol. The molecule has 0 atom stereocenters. The van der Waals surface area contributed by atoms with Crippen LogP contribution in [0.3, 0.4) is 0 Å². The summed E-state index contributed by atoms with van der Waals surface area (Å²) in [7, 11) is 0. The highest BCUT2D eigenvalue weighted by atomic mass is 16.1. The Hall–Kier alpha value is -2.17. The standard InChI is InChI=1S/C12H14N4O/c1-8-10(2-3-11(13)17)12(16-15-8)9-4-6-14-7-5-9/h4-7H,2-3H2,1H3,(H2,13,17)(H,15,16). The minimum atomic E-state index is -0.300. The lowest BCUT2D eigenvalue weighted by Crippen LogP contribution is -2.11. The Morgan fingerprint density at radius 1 is 1.41 bits per heavy atom. The van der Waals surface area contributed by atoms with E-state index in [4.69, 9.17) is 5.73 Å². The number of carbonyl (C=O) groups excluding carboxylic acids is 1. The molecule has 2 heterocycles. The van der Waals surface area contributed by atoms with Crippen LogP contribution in [0.2, 0.25) is 0 Å². The Balaban J connectivity index is 2.32. The second-order valence-electron chi connectivity index (χ2n) is 3.88. The lowest BCUT2D eigenvalue weighted by molar-refractivity contribution is -0.117. The van der Waals surface area contributed by atoms with E-state index in [1.54, 1.807) is 12.4 Å². The van der Waals surface area contributed by atoms with Gasteiger partial charge in [0.15, 0.2) is 0 Å². The molecule has 0 radical (unpaired) electrons. The van der Waals surface area contributed by atoms with Gasteiger partial charge < -0.3 is 5.73 Å². The summed E-state index contributed by atoms with van der Waals surface area (Å²) in [6.07, 6.45) is 4.38. The number of hydrogen-bond acceptors (Lipinski definition) is 3. The van der Waals surface area contributed by atoms with E-state index in [-0.39, 0.29) is 5.91 Å². The third-order valence-corrected chi connectivity index (χ3v) is 2.65. The summed E-state index contributed by atoms with van der Waals surface area (Å²) in [6.45, 7) is 1.94. The number of rotatable bonds is 4. The van der Waals surface area contributed by atoms with Gasteiger partial charge in [-0.2, -0.15) is 5.10 Å². The van der Waals surface area contributed by atoms with Gasteiger partial charge in [0.1, 0.15) is 0 Å². The minimum absolute atomic E-state index is 0.300. The molecule has 0 aliphatic carbocycles. The number of carbonyl (C=O) groups is 1. The fourth-order valence-corrected chi connectivity index (χ4v) is 1.75. The molecule has 0 spiro atoms. The Morgan fingerprint density at radius 2 is 2.12 bits per heavy atom. The van der Waals surface area contributed by atoms with E-state index in [1.807, 2.05) is 19.1 Å². The summed E-state index contributed by atoms with van der Waals surface area (Å²) in [6, 6.07) is 3.78. The number of aromatic nitrogens is 3. The summed E-state index contributed by atoms with van der Waals surface area (Å²) < 4.78 is 0. The van der Waals surface area contributed by atoms with Gasteiger partial charge in [-0.25, -0.2) is 0 Å². The highest BCUT2D eigenvalue weighted by molar-refractivity contribution is 5.74. The number of aryl methyl sites for hydroxylation is 1. The van der Waals surface area contributed by atoms with Gasteiger partial charge in [0.2, 0.25) is 5.91 Å². The van der Waals surface area contributed by atoms with Crippen molar-refractivity contribution in [2.45, 2.75) is 19.8 Å². The van der Waals surface area contributed by atoms with Crippen molar-refractivity contribution in [3.05, 3.63) is 35.8 Å². The van der Waals surface area contributed by atoms with Gasteiger partial charge in [-0.3, -0.25) is 14.9 Å². The summed E-state index contributed by atoms with van der Waals surface area (Å²) >= 11 is 0. The predicted molar refractivity (Wildman–Crippen MR) is 64.1 cm³/mol. The number of primary amides is 1. The van der Waals surface area contributed by atoms with Crippen molar-refractivity contribution >= 4 is 5.91 Å². The van der Waals surface area contributed by atoms with Crippen LogP contribution in [0.1, 0.15) is 17.7 Å². The van der Waals surface area contributed by atoms with Crippen LogP contribution < -0.4 is 5.73 Å². The average molecular weight is 230 g/mol. The first-order valence-corrected chi connectivity index (χ1v) is 5.41. The number of aromatic amines is 1. The van der Waals surface area contributed by atoms with E-state index >= 15 is 0 Å². The third kappa shape index (κ3) is 2.50. The van der Waals surface area contributed by atoms with E-state index in [1.165, 1.54) is 0 Å². The van der Waals surface area contributed by atoms with Crippen molar-refractivity contribution in [2.24, 2.45) is 5.73 Å². The summed E-state index contributed by atoms with van der Waals surface area (Å²) in [4.78, 5) is 14.8. The van der Waals surface area contributed by atoms with E-state index < -0.39 is 0 Å². The molecule has 5 nitrogen and oxygen atoms in total. The van der Waals surface area contributed by atoms with Crippen LogP contribution in [0.4, 0.5) is 0 Å². The molecule has 0 aromatic carbocycles. The zero-order valence-corrected chi connectivity index (χ0v) is 9.60. The van der Waals surface area contributed by atoms with Gasteiger partial charge in [-0.1, -0.05) is 0 Å². The normalized spacial score (nSPS) is 10.4. The largest absolute Gasteiger partial charge is 0.370 e. The van der Waals surface area contributed by atoms with Crippen LogP contribution in [0.25, 0.3) is 11.3 Å². The van der Waals surface area contributed by atoms with Crippen molar-refractivity contribution in [3.63, 3.8) is 0 Å². The van der Waals surface area contributed by atoms with Crippen LogP contribution >= 0.6 is 0 Å². The number of nitrogens with one attached hydrogen (secondary N) is 1. The first-order valence-electron chi connectivity index (χ1n) is 5.41. The molecule has 0 aliphatic rings. The quantitative estimate of drug-likeness (QED) is 0.827. The van der Waals surface area contributed by atoms with E-state index in [9.17, 15) is 4.79 Å². The number of H-pyrrole nitrogens is 1. The Morgan fingerprint density at radius 3 is 2.76 bits per heavy atom. The van der Waals surface area contributed by atoms with Gasteiger partial charge >= 0.3 is 0 Å². The molecule has 88 valence electrons. The highest BCUT2D eigenvalue weighted by Crippen LogP contribution is 2.23. The molecule has 2 aromatic heterocycles. The van der Waals surface area contributed by atoms with Crippen molar-refractivity contribution in [2.75, 3.05) is 0 Å². The van der Waals surface area contributed by atoms with Gasteiger partial charge in [0, 0.05) is 35.6 Å². The Bertz CT molecular complexity index is 519. The van der Waals surface area contributed by atoms with Gasteiger partial charge in [-0.05, 0) is 25.5 Å². The molecule has 0 unspecified atom stereocenters. The molecule has 2 aromatic rings. The maximum Gasteiger partial charge on any atom is 0.217 e. The summed E-state index contributed by atoms with van der Waals surface area (Å²) in [5, 5.41) is 7.20. The molecule has 5 heteroatoms. The first-order chi connectivity index (χ1) is 8.18. The molecule has 0 saturated carbocycles. The predicted octanol–water partition coefficient (Wildman–Crippen LogP) is 1.20. The first kappa shape index (κ1) is 11.3. The number of hydrogen-bond donors (Lipinski definition) is 2. The molecule has 0 aliphatic heterocycles. The second kappa shape index (κ2) is 4.78. The average Bonchev–Trinajstić information content (AvgIpc) is 2.69. The smallest absolute Gasteiger partial charge is 0.217 e. The Labute approximate surface area is 99.1 Å². The van der Waals surface area contributed by atoms with Crippen LogP contribution in [-0.2, 0) is 11.2 Å². The fraction of sp³-hybridized carbons (Fsp3) is 0.250. The van der Waals surface area contributed by atoms with Gasteiger partial charge in [0.25, 0.3) is 0 Å². The second-order valence-corrected chi connectivity index (χ2v) is 3.88. The molecule has 17 heavy (non-hydrogen) atoms. The number of pyridine rings is 1. The molecule has 2 rings (SSSR count). The summed E-state index contributed by atoms with van der Waals surface area (Å²) in [5.74, 6) is -0.300. The lowest BCUT2D eigenvalue weighted by atomic mass is 10.0. The van der Waals surface area contributed by atoms with Crippen LogP contribution in [-0.4, -0.2) is 21.1 Å². The molecule has 3 N–H and O–H groups in total. The third-order valence-electron chi connectivity index (χ3n) is 2.65. The van der Waals surface area contributed by atoms with E-state index in [0.717, 1.165) is 22.5 Å². The topological polar surface area (TPSA) is 84.7 Å².